The first-order valence-corrected chi connectivity index (χ1v) is 11.4. The Labute approximate surface area is 197 Å². The van der Waals surface area contributed by atoms with E-state index in [0.717, 1.165) is 55.1 Å². The number of carbonyl (C=O) groups is 1. The minimum Gasteiger partial charge on any atom is -0.438 e. The first kappa shape index (κ1) is 21.9. The number of nitrogens with two attached hydrogens (primary N) is 1. The van der Waals surface area contributed by atoms with Crippen LogP contribution in [0.3, 0.4) is 0 Å². The Morgan fingerprint density at radius 3 is 2.71 bits per heavy atom. The topological polar surface area (TPSA) is 104 Å². The predicted molar refractivity (Wildman–Crippen MR) is 130 cm³/mol. The number of hydrogen-bond acceptors (Lipinski definition) is 6. The Balaban J connectivity index is 1.54. The van der Waals surface area contributed by atoms with E-state index in [0.29, 0.717) is 28.8 Å². The second kappa shape index (κ2) is 9.52. The Morgan fingerprint density at radius 2 is 1.97 bits per heavy atom. The van der Waals surface area contributed by atoms with E-state index in [4.69, 9.17) is 20.3 Å². The van der Waals surface area contributed by atoms with Gasteiger partial charge in [0.05, 0.1) is 17.6 Å². The molecule has 1 fully saturated rings. The zero-order valence-electron chi connectivity index (χ0n) is 19.0. The molecule has 1 aliphatic rings. The van der Waals surface area contributed by atoms with Crippen molar-refractivity contribution in [2.75, 3.05) is 25.1 Å². The number of fused-ring (bicyclic) bond motifs is 1. The van der Waals surface area contributed by atoms with Crippen molar-refractivity contribution >= 4 is 17.2 Å². The summed E-state index contributed by atoms with van der Waals surface area (Å²) in [6.45, 7) is 4.29. The number of hydrogen-bond donors (Lipinski definition) is 2. The number of aromatic nitrogens is 3. The van der Waals surface area contributed by atoms with Crippen LogP contribution in [0.15, 0.2) is 60.8 Å². The lowest BCUT2D eigenvalue weighted by Gasteiger charge is -2.22. The largest absolute Gasteiger partial charge is 0.438 e. The average molecular weight is 458 g/mol. The van der Waals surface area contributed by atoms with E-state index in [1.54, 1.807) is 16.8 Å². The highest BCUT2D eigenvalue weighted by molar-refractivity contribution is 5.94. The highest BCUT2D eigenvalue weighted by Crippen LogP contribution is 2.30. The van der Waals surface area contributed by atoms with Crippen molar-refractivity contribution in [3.63, 3.8) is 0 Å². The molecule has 2 aromatic carbocycles. The fourth-order valence-corrected chi connectivity index (χ4v) is 4.24. The zero-order valence-corrected chi connectivity index (χ0v) is 19.0. The quantitative estimate of drug-likeness (QED) is 0.425. The second-order valence-electron chi connectivity index (χ2n) is 8.52. The molecular formula is C26H27N5O3. The molecule has 174 valence electrons. The number of aryl methyl sites for hydroxylation is 1. The van der Waals surface area contributed by atoms with Gasteiger partial charge in [0.15, 0.2) is 5.65 Å². The molecule has 1 amide bonds. The number of imidazole rings is 1. The van der Waals surface area contributed by atoms with Crippen molar-refractivity contribution in [2.24, 2.45) is 11.7 Å². The molecule has 0 unspecified atom stereocenters. The first-order chi connectivity index (χ1) is 16.6. The number of nitrogens with zero attached hydrogens (tertiary/aromatic N) is 3. The van der Waals surface area contributed by atoms with Crippen LogP contribution in [0.25, 0.3) is 16.9 Å². The van der Waals surface area contributed by atoms with Gasteiger partial charge in [-0.05, 0) is 55.5 Å². The normalized spacial score (nSPS) is 14.3. The number of carbonyl (C=O) groups excluding carboxylic acids is 1. The van der Waals surface area contributed by atoms with Crippen molar-refractivity contribution in [1.29, 1.82) is 0 Å². The molecule has 0 radical (unpaired) electrons. The standard InChI is InChI=1S/C26H27N5O3/c1-17-13-19(7-8-21(17)25(27)32)23-16-29-26-22(28-15-18-9-11-33-12-10-18)14-24(30-31(23)26)34-20-5-3-2-4-6-20/h2-8,13-14,16,18,28H,9-12,15H2,1H3,(H2,27,32). The molecule has 0 saturated carbocycles. The van der Waals surface area contributed by atoms with E-state index in [2.05, 4.69) is 10.3 Å². The third kappa shape index (κ3) is 4.58. The maximum atomic E-state index is 11.7. The van der Waals surface area contributed by atoms with Gasteiger partial charge in [0.2, 0.25) is 11.8 Å². The van der Waals surface area contributed by atoms with Gasteiger partial charge in [0, 0.05) is 37.0 Å². The number of benzene rings is 2. The fraction of sp³-hybridized carbons (Fsp3) is 0.269. The van der Waals surface area contributed by atoms with Crippen molar-refractivity contribution in [2.45, 2.75) is 19.8 Å². The maximum absolute atomic E-state index is 11.7. The minimum absolute atomic E-state index is 0.446. The van der Waals surface area contributed by atoms with Gasteiger partial charge in [-0.15, -0.1) is 5.10 Å². The number of anilines is 1. The first-order valence-electron chi connectivity index (χ1n) is 11.4. The van der Waals surface area contributed by atoms with Gasteiger partial charge in [-0.1, -0.05) is 24.3 Å². The lowest BCUT2D eigenvalue weighted by atomic mass is 10.0. The summed E-state index contributed by atoms with van der Waals surface area (Å²) in [6.07, 6.45) is 3.85. The molecule has 34 heavy (non-hydrogen) atoms. The van der Waals surface area contributed by atoms with E-state index >= 15 is 0 Å². The molecule has 2 aromatic heterocycles. The van der Waals surface area contributed by atoms with Crippen LogP contribution < -0.4 is 15.8 Å². The molecule has 1 saturated heterocycles. The molecule has 8 nitrogen and oxygen atoms in total. The molecule has 1 aliphatic heterocycles. The fourth-order valence-electron chi connectivity index (χ4n) is 4.24. The van der Waals surface area contributed by atoms with E-state index in [1.807, 2.05) is 55.5 Å². The van der Waals surface area contributed by atoms with Crippen LogP contribution in [0.2, 0.25) is 0 Å². The van der Waals surface area contributed by atoms with E-state index in [-0.39, 0.29) is 0 Å². The minimum atomic E-state index is -0.446. The average Bonchev–Trinajstić information content (AvgIpc) is 3.27. The van der Waals surface area contributed by atoms with E-state index < -0.39 is 5.91 Å². The highest BCUT2D eigenvalue weighted by atomic mass is 16.5. The van der Waals surface area contributed by atoms with Gasteiger partial charge in [0.1, 0.15) is 5.75 Å². The van der Waals surface area contributed by atoms with Gasteiger partial charge in [-0.25, -0.2) is 9.50 Å². The van der Waals surface area contributed by atoms with Crippen LogP contribution in [0.1, 0.15) is 28.8 Å². The van der Waals surface area contributed by atoms with Crippen LogP contribution in [0, 0.1) is 12.8 Å². The molecule has 0 spiro atoms. The Hall–Kier alpha value is -3.91. The second-order valence-corrected chi connectivity index (χ2v) is 8.52. The highest BCUT2D eigenvalue weighted by Gasteiger charge is 2.18. The molecule has 4 aromatic rings. The molecular weight excluding hydrogens is 430 g/mol. The van der Waals surface area contributed by atoms with Crippen LogP contribution in [-0.4, -0.2) is 40.3 Å². The Bertz CT molecular complexity index is 1310. The molecule has 0 aliphatic carbocycles. The van der Waals surface area contributed by atoms with Crippen LogP contribution >= 0.6 is 0 Å². The molecule has 0 atom stereocenters. The number of amides is 1. The van der Waals surface area contributed by atoms with Gasteiger partial charge < -0.3 is 20.5 Å². The van der Waals surface area contributed by atoms with Crippen LogP contribution in [-0.2, 0) is 4.74 Å². The predicted octanol–water partition coefficient (Wildman–Crippen LogP) is 4.43. The monoisotopic (exact) mass is 457 g/mol. The van der Waals surface area contributed by atoms with E-state index in [1.165, 1.54) is 0 Å². The molecule has 0 bridgehead atoms. The smallest absolute Gasteiger partial charge is 0.248 e. The van der Waals surface area contributed by atoms with Crippen LogP contribution in [0.4, 0.5) is 5.69 Å². The Kier molecular flexibility index (Phi) is 6.14. The summed E-state index contributed by atoms with van der Waals surface area (Å²) in [7, 11) is 0. The van der Waals surface area contributed by atoms with Gasteiger partial charge in [0.25, 0.3) is 0 Å². The van der Waals surface area contributed by atoms with Gasteiger partial charge in [-0.3, -0.25) is 4.79 Å². The van der Waals surface area contributed by atoms with Crippen molar-refractivity contribution < 1.29 is 14.3 Å². The number of ether oxygens (including phenoxy) is 2. The summed E-state index contributed by atoms with van der Waals surface area (Å²) in [5, 5.41) is 8.29. The molecule has 3 N–H and O–H groups in total. The van der Waals surface area contributed by atoms with Crippen molar-refractivity contribution in [1.82, 2.24) is 14.6 Å². The third-order valence-electron chi connectivity index (χ3n) is 6.12. The zero-order chi connectivity index (χ0) is 23.5. The van der Waals surface area contributed by atoms with Crippen molar-refractivity contribution in [3.05, 3.63) is 71.9 Å². The lowest BCUT2D eigenvalue weighted by Crippen LogP contribution is -2.23. The maximum Gasteiger partial charge on any atom is 0.248 e. The number of primary amides is 1. The molecule has 8 heteroatoms. The van der Waals surface area contributed by atoms with Gasteiger partial charge in [-0.2, -0.15) is 0 Å². The number of para-hydroxylation sites is 1. The summed E-state index contributed by atoms with van der Waals surface area (Å²) >= 11 is 0. The molecule has 5 rings (SSSR count). The summed E-state index contributed by atoms with van der Waals surface area (Å²) < 4.78 is 13.3. The summed E-state index contributed by atoms with van der Waals surface area (Å²) in [5.41, 5.74) is 10.0. The number of rotatable bonds is 7. The number of nitrogens with one attached hydrogen (secondary N) is 1. The lowest BCUT2D eigenvalue weighted by molar-refractivity contribution is 0.0699. The summed E-state index contributed by atoms with van der Waals surface area (Å²) in [4.78, 5) is 16.3. The van der Waals surface area contributed by atoms with Crippen molar-refractivity contribution in [3.8, 4) is 22.9 Å². The van der Waals surface area contributed by atoms with Crippen LogP contribution in [0.5, 0.6) is 11.6 Å². The SMILES string of the molecule is Cc1cc(-c2cnc3c(NCC4CCOCC4)cc(Oc4ccccc4)nn23)ccc1C(N)=O. The van der Waals surface area contributed by atoms with Gasteiger partial charge >= 0.3 is 0 Å². The third-order valence-corrected chi connectivity index (χ3v) is 6.12. The molecule has 3 heterocycles. The summed E-state index contributed by atoms with van der Waals surface area (Å²) in [6, 6.07) is 17.0. The van der Waals surface area contributed by atoms with E-state index in [9.17, 15) is 4.79 Å². The Morgan fingerprint density at radius 1 is 1.18 bits per heavy atom. The summed E-state index contributed by atoms with van der Waals surface area (Å²) in [5.74, 6) is 1.25.